The average Bonchev–Trinajstić information content (AvgIpc) is 2.23. The number of halogens is 1. The van der Waals surface area contributed by atoms with Crippen molar-refractivity contribution >= 4 is 37.4 Å². The van der Waals surface area contributed by atoms with Crippen molar-refractivity contribution in [2.75, 3.05) is 17.7 Å². The topological polar surface area (TPSA) is 74.7 Å². The van der Waals surface area contributed by atoms with E-state index in [4.69, 9.17) is 5.11 Å². The molecule has 0 bridgehead atoms. The number of likely N-dealkylation sites (N-methyl/N-ethyl adjacent to an activating group) is 1. The maximum Gasteiger partial charge on any atom is 0.327 e. The first-order chi connectivity index (χ1) is 7.84. The Morgan fingerprint density at radius 2 is 2.18 bits per heavy atom. The molecule has 2 rings (SSSR count). The Morgan fingerprint density at radius 3 is 2.76 bits per heavy atom. The summed E-state index contributed by atoms with van der Waals surface area (Å²) in [4.78, 5) is 12.7. The number of carboxylic acids is 1. The van der Waals surface area contributed by atoms with Gasteiger partial charge in [0.1, 0.15) is 6.04 Å². The molecule has 0 aromatic heterocycles. The van der Waals surface area contributed by atoms with E-state index in [1.54, 1.807) is 19.2 Å². The summed E-state index contributed by atoms with van der Waals surface area (Å²) in [5.74, 6) is -1.54. The number of para-hydroxylation sites is 1. The molecule has 1 aliphatic heterocycles. The maximum absolute atomic E-state index is 12.0. The van der Waals surface area contributed by atoms with Gasteiger partial charge in [0.2, 0.25) is 0 Å². The fraction of sp³-hybridized carbons (Fsp3) is 0.300. The Bertz CT molecular complexity index is 584. The highest BCUT2D eigenvalue weighted by Crippen LogP contribution is 2.38. The normalized spacial score (nSPS) is 22.0. The smallest absolute Gasteiger partial charge is 0.327 e. The van der Waals surface area contributed by atoms with E-state index < -0.39 is 27.6 Å². The van der Waals surface area contributed by atoms with Crippen molar-refractivity contribution in [2.24, 2.45) is 0 Å². The Labute approximate surface area is 107 Å². The van der Waals surface area contributed by atoms with Gasteiger partial charge in [-0.2, -0.15) is 0 Å². The molecule has 0 radical (unpaired) electrons. The summed E-state index contributed by atoms with van der Waals surface area (Å²) in [6.07, 6.45) is 0. The second kappa shape index (κ2) is 3.99. The third-order valence-corrected chi connectivity index (χ3v) is 5.16. The number of aliphatic carboxylic acids is 1. The minimum Gasteiger partial charge on any atom is -0.480 e. The van der Waals surface area contributed by atoms with Gasteiger partial charge in [-0.15, -0.1) is 0 Å². The van der Waals surface area contributed by atoms with Crippen LogP contribution in [0.25, 0.3) is 0 Å². The molecule has 92 valence electrons. The molecule has 1 heterocycles. The average molecular weight is 320 g/mol. The standard InChI is InChI=1S/C10H10BrNO4S/c1-12-7(10(13)14)5-17(15,16)8-4-2-3-6(11)9(8)12/h2-4,7H,5H2,1H3,(H,13,14). The molecule has 0 spiro atoms. The zero-order chi connectivity index (χ0) is 12.8. The predicted octanol–water partition coefficient (Wildman–Crippen LogP) is 1.13. The van der Waals surface area contributed by atoms with Crippen LogP contribution in [0.3, 0.4) is 0 Å². The van der Waals surface area contributed by atoms with E-state index >= 15 is 0 Å². The SMILES string of the molecule is CN1c2c(Br)cccc2S(=O)(=O)CC1C(=O)O. The molecular formula is C10H10BrNO4S. The van der Waals surface area contributed by atoms with Crippen molar-refractivity contribution in [3.63, 3.8) is 0 Å². The maximum atomic E-state index is 12.0. The van der Waals surface area contributed by atoms with Gasteiger partial charge in [-0.3, -0.25) is 0 Å². The third-order valence-electron chi connectivity index (χ3n) is 2.77. The van der Waals surface area contributed by atoms with Crippen LogP contribution in [0, 0.1) is 0 Å². The fourth-order valence-electron chi connectivity index (χ4n) is 1.89. The molecule has 1 unspecified atom stereocenters. The van der Waals surface area contributed by atoms with Crippen molar-refractivity contribution in [1.29, 1.82) is 0 Å². The van der Waals surface area contributed by atoms with Crippen LogP contribution in [0.15, 0.2) is 27.6 Å². The molecule has 1 N–H and O–H groups in total. The summed E-state index contributed by atoms with van der Waals surface area (Å²) in [5.41, 5.74) is 0.408. The number of benzene rings is 1. The second-order valence-corrected chi connectivity index (χ2v) is 6.69. The van der Waals surface area contributed by atoms with Crippen LogP contribution in [-0.4, -0.2) is 38.3 Å². The van der Waals surface area contributed by atoms with Gasteiger partial charge in [0.25, 0.3) is 0 Å². The lowest BCUT2D eigenvalue weighted by Gasteiger charge is -2.33. The summed E-state index contributed by atoms with van der Waals surface area (Å²) in [5, 5.41) is 9.04. The molecule has 1 atom stereocenters. The molecule has 1 aromatic carbocycles. The molecule has 17 heavy (non-hydrogen) atoms. The number of rotatable bonds is 1. The molecule has 0 aliphatic carbocycles. The number of carbonyl (C=O) groups is 1. The first-order valence-corrected chi connectivity index (χ1v) is 7.26. The minimum absolute atomic E-state index is 0.173. The number of carboxylic acid groups (broad SMARTS) is 1. The van der Waals surface area contributed by atoms with Gasteiger partial charge in [0, 0.05) is 11.5 Å². The molecule has 7 heteroatoms. The first-order valence-electron chi connectivity index (χ1n) is 4.81. The van der Waals surface area contributed by atoms with Crippen molar-refractivity contribution in [2.45, 2.75) is 10.9 Å². The van der Waals surface area contributed by atoms with E-state index in [2.05, 4.69) is 15.9 Å². The van der Waals surface area contributed by atoms with Crippen LogP contribution >= 0.6 is 15.9 Å². The summed E-state index contributed by atoms with van der Waals surface area (Å²) >= 11 is 3.25. The van der Waals surface area contributed by atoms with Crippen LogP contribution < -0.4 is 4.90 Å². The lowest BCUT2D eigenvalue weighted by atomic mass is 10.2. The highest BCUT2D eigenvalue weighted by atomic mass is 79.9. The lowest BCUT2D eigenvalue weighted by Crippen LogP contribution is -2.47. The van der Waals surface area contributed by atoms with E-state index in [9.17, 15) is 13.2 Å². The van der Waals surface area contributed by atoms with E-state index in [1.807, 2.05) is 0 Å². The van der Waals surface area contributed by atoms with Gasteiger partial charge in [-0.25, -0.2) is 13.2 Å². The van der Waals surface area contributed by atoms with Crippen LogP contribution in [0.5, 0.6) is 0 Å². The number of fused-ring (bicyclic) bond motifs is 1. The lowest BCUT2D eigenvalue weighted by molar-refractivity contribution is -0.138. The summed E-state index contributed by atoms with van der Waals surface area (Å²) in [6, 6.07) is 3.75. The second-order valence-electron chi connectivity index (χ2n) is 3.83. The fourth-order valence-corrected chi connectivity index (χ4v) is 4.46. The van der Waals surface area contributed by atoms with Crippen molar-refractivity contribution in [1.82, 2.24) is 0 Å². The monoisotopic (exact) mass is 319 g/mol. The molecule has 0 saturated heterocycles. The molecule has 0 saturated carbocycles. The molecule has 0 amide bonds. The van der Waals surface area contributed by atoms with Gasteiger partial charge in [0.15, 0.2) is 9.84 Å². The van der Waals surface area contributed by atoms with Crippen LogP contribution in [-0.2, 0) is 14.6 Å². The zero-order valence-corrected chi connectivity index (χ0v) is 11.3. The Balaban J connectivity index is 2.70. The Hall–Kier alpha value is -1.08. The number of nitrogens with zero attached hydrogens (tertiary/aromatic N) is 1. The molecule has 1 aromatic rings. The van der Waals surface area contributed by atoms with Crippen LogP contribution in [0.1, 0.15) is 0 Å². The zero-order valence-electron chi connectivity index (χ0n) is 8.92. The highest BCUT2D eigenvalue weighted by molar-refractivity contribution is 9.10. The predicted molar refractivity (Wildman–Crippen MR) is 66.0 cm³/mol. The number of sulfone groups is 1. The highest BCUT2D eigenvalue weighted by Gasteiger charge is 2.38. The van der Waals surface area contributed by atoms with E-state index in [0.29, 0.717) is 10.2 Å². The summed E-state index contributed by atoms with van der Waals surface area (Å²) in [7, 11) is -1.96. The van der Waals surface area contributed by atoms with Crippen molar-refractivity contribution in [3.05, 3.63) is 22.7 Å². The summed E-state index contributed by atoms with van der Waals surface area (Å²) < 4.78 is 24.5. The molecular weight excluding hydrogens is 310 g/mol. The van der Waals surface area contributed by atoms with Gasteiger partial charge in [0.05, 0.1) is 16.3 Å². The van der Waals surface area contributed by atoms with Crippen LogP contribution in [0.2, 0.25) is 0 Å². The first kappa shape index (κ1) is 12.4. The van der Waals surface area contributed by atoms with Gasteiger partial charge in [-0.1, -0.05) is 6.07 Å². The molecule has 1 aliphatic rings. The van der Waals surface area contributed by atoms with Crippen LogP contribution in [0.4, 0.5) is 5.69 Å². The largest absolute Gasteiger partial charge is 0.480 e. The van der Waals surface area contributed by atoms with Crippen molar-refractivity contribution in [3.8, 4) is 0 Å². The molecule has 0 fully saturated rings. The Kier molecular flexibility index (Phi) is 2.90. The molecule has 5 nitrogen and oxygen atoms in total. The van der Waals surface area contributed by atoms with Gasteiger partial charge < -0.3 is 10.0 Å². The Morgan fingerprint density at radius 1 is 1.53 bits per heavy atom. The van der Waals surface area contributed by atoms with E-state index in [0.717, 1.165) is 0 Å². The third kappa shape index (κ3) is 1.93. The summed E-state index contributed by atoms with van der Waals surface area (Å²) in [6.45, 7) is 0. The minimum atomic E-state index is -3.54. The number of anilines is 1. The number of hydrogen-bond donors (Lipinski definition) is 1. The van der Waals surface area contributed by atoms with Gasteiger partial charge >= 0.3 is 5.97 Å². The van der Waals surface area contributed by atoms with E-state index in [1.165, 1.54) is 11.0 Å². The van der Waals surface area contributed by atoms with Gasteiger partial charge in [-0.05, 0) is 28.1 Å². The number of hydrogen-bond acceptors (Lipinski definition) is 4. The van der Waals surface area contributed by atoms with E-state index in [-0.39, 0.29) is 4.90 Å². The quantitative estimate of drug-likeness (QED) is 0.839. The van der Waals surface area contributed by atoms with Crippen molar-refractivity contribution < 1.29 is 18.3 Å².